The molecule has 0 aromatic carbocycles. The molecule has 4 heteroatoms. The van der Waals surface area contributed by atoms with Crippen LogP contribution in [0.5, 0.6) is 0 Å². The van der Waals surface area contributed by atoms with Crippen LogP contribution in [0, 0.1) is 0 Å². The van der Waals surface area contributed by atoms with Gasteiger partial charge in [-0.05, 0) is 12.2 Å². The molecule has 0 unspecified atom stereocenters. The van der Waals surface area contributed by atoms with Crippen LogP contribution in [-0.4, -0.2) is 13.7 Å². The topological polar surface area (TPSA) is 73.3 Å². The highest BCUT2D eigenvalue weighted by atomic mass is 16.5. The molecule has 0 spiro atoms. The fourth-order valence-corrected chi connectivity index (χ4v) is 0.934. The average Bonchev–Trinajstić information content (AvgIpc) is 2.05. The first-order valence-corrected chi connectivity index (χ1v) is 3.66. The van der Waals surface area contributed by atoms with Gasteiger partial charge in [0.2, 0.25) is 0 Å². The van der Waals surface area contributed by atoms with Crippen molar-refractivity contribution in [2.75, 3.05) is 13.7 Å². The van der Waals surface area contributed by atoms with Gasteiger partial charge in [-0.2, -0.15) is 0 Å². The van der Waals surface area contributed by atoms with Crippen LogP contribution in [0.15, 0.2) is 35.5 Å². The van der Waals surface area contributed by atoms with Gasteiger partial charge in [0.1, 0.15) is 0 Å². The fourth-order valence-electron chi connectivity index (χ4n) is 0.934. The molecule has 0 atom stereocenters. The molecule has 0 aliphatic carbocycles. The van der Waals surface area contributed by atoms with Crippen molar-refractivity contribution in [3.8, 4) is 0 Å². The van der Waals surface area contributed by atoms with Crippen molar-refractivity contribution in [2.45, 2.75) is 0 Å². The van der Waals surface area contributed by atoms with E-state index < -0.39 is 0 Å². The van der Waals surface area contributed by atoms with Crippen molar-refractivity contribution in [1.29, 1.82) is 0 Å². The third-order valence-corrected chi connectivity index (χ3v) is 1.52. The number of hydrogen-bond acceptors (Lipinski definition) is 4. The molecule has 0 aromatic heterocycles. The van der Waals surface area contributed by atoms with Gasteiger partial charge < -0.3 is 21.5 Å². The Morgan fingerprint density at radius 3 is 2.92 bits per heavy atom. The maximum absolute atomic E-state index is 5.66. The highest BCUT2D eigenvalue weighted by Gasteiger charge is 2.06. The number of ether oxygens (including phenoxy) is 1. The quantitative estimate of drug-likeness (QED) is 0.531. The second kappa shape index (κ2) is 3.82. The molecule has 4 nitrogen and oxygen atoms in total. The number of nitrogens with two attached hydrogens (primary N) is 2. The summed E-state index contributed by atoms with van der Waals surface area (Å²) in [5.74, 6) is 0.643. The van der Waals surface area contributed by atoms with Crippen molar-refractivity contribution in [2.24, 2.45) is 11.5 Å². The van der Waals surface area contributed by atoms with Gasteiger partial charge in [-0.15, -0.1) is 0 Å². The van der Waals surface area contributed by atoms with Gasteiger partial charge in [0, 0.05) is 18.4 Å². The minimum absolute atomic E-state index is 0.488. The summed E-state index contributed by atoms with van der Waals surface area (Å²) in [5, 5.41) is 2.99. The van der Waals surface area contributed by atoms with Gasteiger partial charge in [0.25, 0.3) is 0 Å². The molecule has 12 heavy (non-hydrogen) atoms. The van der Waals surface area contributed by atoms with E-state index in [1.54, 1.807) is 19.4 Å². The third kappa shape index (κ3) is 1.79. The van der Waals surface area contributed by atoms with E-state index in [-0.39, 0.29) is 0 Å². The molecule has 1 rings (SSSR count). The first kappa shape index (κ1) is 8.67. The van der Waals surface area contributed by atoms with Gasteiger partial charge >= 0.3 is 0 Å². The SMILES string of the molecule is COC1=CN/C(=C\CN)C=C1N. The van der Waals surface area contributed by atoms with Gasteiger partial charge in [-0.25, -0.2) is 0 Å². The Morgan fingerprint density at radius 1 is 1.67 bits per heavy atom. The molecule has 0 fully saturated rings. The molecule has 0 radical (unpaired) electrons. The zero-order valence-corrected chi connectivity index (χ0v) is 7.00. The van der Waals surface area contributed by atoms with E-state index in [9.17, 15) is 0 Å². The zero-order valence-electron chi connectivity index (χ0n) is 7.00. The summed E-state index contributed by atoms with van der Waals surface area (Å²) in [5.41, 5.74) is 12.5. The molecule has 0 amide bonds. The normalized spacial score (nSPS) is 19.7. The van der Waals surface area contributed by atoms with Crippen molar-refractivity contribution >= 4 is 0 Å². The summed E-state index contributed by atoms with van der Waals surface area (Å²) < 4.78 is 4.98. The number of dihydropyridines is 1. The number of nitrogens with one attached hydrogen (secondary N) is 1. The predicted octanol–water partition coefficient (Wildman–Crippen LogP) is -0.237. The Labute approximate surface area is 71.6 Å². The van der Waals surface area contributed by atoms with E-state index >= 15 is 0 Å². The van der Waals surface area contributed by atoms with Crippen LogP contribution in [0.2, 0.25) is 0 Å². The van der Waals surface area contributed by atoms with E-state index in [0.717, 1.165) is 5.70 Å². The summed E-state index contributed by atoms with van der Waals surface area (Å²) in [6, 6.07) is 0. The van der Waals surface area contributed by atoms with E-state index in [1.807, 2.05) is 6.08 Å². The van der Waals surface area contributed by atoms with E-state index in [1.165, 1.54) is 0 Å². The highest BCUT2D eigenvalue weighted by Crippen LogP contribution is 2.11. The lowest BCUT2D eigenvalue weighted by molar-refractivity contribution is 0.296. The number of methoxy groups -OCH3 is 1. The van der Waals surface area contributed by atoms with Crippen molar-refractivity contribution < 1.29 is 4.74 Å². The molecular formula is C8H13N3O. The lowest BCUT2D eigenvalue weighted by Crippen LogP contribution is -2.17. The first-order valence-electron chi connectivity index (χ1n) is 3.66. The third-order valence-electron chi connectivity index (χ3n) is 1.52. The second-order valence-electron chi connectivity index (χ2n) is 2.35. The van der Waals surface area contributed by atoms with E-state index in [0.29, 0.717) is 18.0 Å². The van der Waals surface area contributed by atoms with Crippen molar-refractivity contribution in [3.05, 3.63) is 35.5 Å². The van der Waals surface area contributed by atoms with Crippen LogP contribution in [-0.2, 0) is 4.74 Å². The van der Waals surface area contributed by atoms with Crippen LogP contribution in [0.4, 0.5) is 0 Å². The minimum atomic E-state index is 0.488. The Bertz CT molecular complexity index is 253. The summed E-state index contributed by atoms with van der Waals surface area (Å²) in [7, 11) is 1.58. The lowest BCUT2D eigenvalue weighted by Gasteiger charge is -2.14. The summed E-state index contributed by atoms with van der Waals surface area (Å²) in [6.07, 6.45) is 5.33. The zero-order chi connectivity index (χ0) is 8.97. The summed E-state index contributed by atoms with van der Waals surface area (Å²) >= 11 is 0. The van der Waals surface area contributed by atoms with Gasteiger partial charge in [0.15, 0.2) is 5.76 Å². The van der Waals surface area contributed by atoms with Crippen LogP contribution in [0.3, 0.4) is 0 Å². The highest BCUT2D eigenvalue weighted by molar-refractivity contribution is 5.36. The van der Waals surface area contributed by atoms with Crippen LogP contribution < -0.4 is 16.8 Å². The largest absolute Gasteiger partial charge is 0.493 e. The molecule has 5 N–H and O–H groups in total. The molecule has 0 bridgehead atoms. The van der Waals surface area contributed by atoms with Crippen molar-refractivity contribution in [3.63, 3.8) is 0 Å². The predicted molar refractivity (Wildman–Crippen MR) is 47.6 cm³/mol. The summed E-state index contributed by atoms with van der Waals surface area (Å²) in [6.45, 7) is 0.488. The minimum Gasteiger partial charge on any atom is -0.493 e. The number of allylic oxidation sites excluding steroid dienone is 1. The van der Waals surface area contributed by atoms with Gasteiger partial charge in [0.05, 0.1) is 12.8 Å². The molecule has 0 saturated carbocycles. The molecule has 0 saturated heterocycles. The van der Waals surface area contributed by atoms with Gasteiger partial charge in [-0.1, -0.05) is 0 Å². The smallest absolute Gasteiger partial charge is 0.157 e. The molecule has 0 aromatic rings. The van der Waals surface area contributed by atoms with Crippen LogP contribution in [0.1, 0.15) is 0 Å². The standard InChI is InChI=1S/C8H13N3O/c1-12-8-5-11-6(2-3-9)4-7(8)10/h2,4-5,11H,3,9-10H2,1H3/b6-2-. The van der Waals surface area contributed by atoms with E-state index in [4.69, 9.17) is 16.2 Å². The van der Waals surface area contributed by atoms with Crippen LogP contribution in [0.25, 0.3) is 0 Å². The Balaban J connectivity index is 2.75. The second-order valence-corrected chi connectivity index (χ2v) is 2.35. The summed E-state index contributed by atoms with van der Waals surface area (Å²) in [4.78, 5) is 0. The molecular weight excluding hydrogens is 154 g/mol. The first-order chi connectivity index (χ1) is 5.77. The Morgan fingerprint density at radius 2 is 2.42 bits per heavy atom. The number of rotatable bonds is 2. The molecule has 66 valence electrons. The number of hydrogen-bond donors (Lipinski definition) is 3. The molecule has 1 aliphatic heterocycles. The van der Waals surface area contributed by atoms with Crippen LogP contribution >= 0.6 is 0 Å². The lowest BCUT2D eigenvalue weighted by atomic mass is 10.2. The maximum atomic E-state index is 5.66. The fraction of sp³-hybridized carbons (Fsp3) is 0.250. The van der Waals surface area contributed by atoms with Crippen molar-refractivity contribution in [1.82, 2.24) is 5.32 Å². The average molecular weight is 167 g/mol. The molecule has 1 aliphatic rings. The van der Waals surface area contributed by atoms with E-state index in [2.05, 4.69) is 5.32 Å². The van der Waals surface area contributed by atoms with Gasteiger partial charge in [-0.3, -0.25) is 0 Å². The molecule has 1 heterocycles. The maximum Gasteiger partial charge on any atom is 0.157 e. The Kier molecular flexibility index (Phi) is 2.76. The Hall–Kier alpha value is -1.42. The monoisotopic (exact) mass is 167 g/mol.